The number of carbonyl (C=O) groups excluding carboxylic acids is 2. The third-order valence-corrected chi connectivity index (χ3v) is 4.11. The predicted octanol–water partition coefficient (Wildman–Crippen LogP) is 0.977. The molecule has 0 saturated carbocycles. The van der Waals surface area contributed by atoms with Crippen LogP contribution in [0.5, 0.6) is 0 Å². The average molecular weight is 413 g/mol. The third kappa shape index (κ3) is 13.3. The normalized spacial score (nSPS) is 15.4. The van der Waals surface area contributed by atoms with Gasteiger partial charge in [-0.05, 0) is 6.42 Å². The second kappa shape index (κ2) is 13.6. The Hall–Kier alpha value is -1.52. The number of aliphatic carboxylic acids is 1. The van der Waals surface area contributed by atoms with Gasteiger partial charge in [-0.25, -0.2) is 4.57 Å². The van der Waals surface area contributed by atoms with Crippen LogP contribution in [0.2, 0.25) is 0 Å². The second-order valence-electron chi connectivity index (χ2n) is 5.61. The van der Waals surface area contributed by atoms with Crippen molar-refractivity contribution in [1.82, 2.24) is 0 Å². The number of esters is 2. The molecule has 0 saturated heterocycles. The van der Waals surface area contributed by atoms with Crippen LogP contribution in [-0.2, 0) is 37.5 Å². The summed E-state index contributed by atoms with van der Waals surface area (Å²) < 4.78 is 30.9. The molecule has 0 bridgehead atoms. The lowest BCUT2D eigenvalue weighted by Crippen LogP contribution is -2.34. The van der Waals surface area contributed by atoms with Crippen molar-refractivity contribution in [1.29, 1.82) is 0 Å². The van der Waals surface area contributed by atoms with E-state index < -0.39 is 51.1 Å². The molecule has 158 valence electrons. The summed E-state index contributed by atoms with van der Waals surface area (Å²) in [4.78, 5) is 43.2. The zero-order valence-electron chi connectivity index (χ0n) is 15.5. The number of unbranched alkanes of at least 4 members (excludes halogenated alkanes) is 2. The number of nitrogens with two attached hydrogens (primary N) is 1. The van der Waals surface area contributed by atoms with Crippen LogP contribution in [0.3, 0.4) is 0 Å². The van der Waals surface area contributed by atoms with Crippen molar-refractivity contribution in [3.63, 3.8) is 0 Å². The molecule has 0 amide bonds. The van der Waals surface area contributed by atoms with Crippen LogP contribution in [0.25, 0.3) is 0 Å². The van der Waals surface area contributed by atoms with Gasteiger partial charge in [-0.3, -0.25) is 23.4 Å². The van der Waals surface area contributed by atoms with Crippen LogP contribution in [0.15, 0.2) is 0 Å². The maximum absolute atomic E-state index is 11.8. The van der Waals surface area contributed by atoms with E-state index in [0.29, 0.717) is 6.42 Å². The second-order valence-corrected chi connectivity index (χ2v) is 7.06. The molecule has 0 rings (SSSR count). The molecule has 0 heterocycles. The first kappa shape index (κ1) is 25.5. The minimum Gasteiger partial charge on any atom is -0.480 e. The summed E-state index contributed by atoms with van der Waals surface area (Å²) in [5.74, 6) is -2.52. The van der Waals surface area contributed by atoms with Crippen LogP contribution in [-0.4, -0.2) is 59.9 Å². The maximum atomic E-state index is 11.8. The molecule has 27 heavy (non-hydrogen) atoms. The van der Waals surface area contributed by atoms with Crippen molar-refractivity contribution in [2.24, 2.45) is 5.73 Å². The van der Waals surface area contributed by atoms with E-state index >= 15 is 0 Å². The van der Waals surface area contributed by atoms with Gasteiger partial charge in [0.15, 0.2) is 6.10 Å². The third-order valence-electron chi connectivity index (χ3n) is 3.16. The monoisotopic (exact) mass is 413 g/mol. The Morgan fingerprint density at radius 1 is 1.04 bits per heavy atom. The molecule has 0 aromatic rings. The fraction of sp³-hybridized carbons (Fsp3) is 0.800. The van der Waals surface area contributed by atoms with Gasteiger partial charge in [0.25, 0.3) is 0 Å². The molecular weight excluding hydrogens is 385 g/mol. The Kier molecular flexibility index (Phi) is 12.9. The van der Waals surface area contributed by atoms with Gasteiger partial charge < -0.3 is 25.2 Å². The number of carbonyl (C=O) groups is 3. The van der Waals surface area contributed by atoms with E-state index in [1.165, 1.54) is 0 Å². The largest absolute Gasteiger partial charge is 0.480 e. The summed E-state index contributed by atoms with van der Waals surface area (Å²) in [5, 5.41) is 8.61. The molecule has 4 N–H and O–H groups in total. The van der Waals surface area contributed by atoms with Crippen molar-refractivity contribution >= 4 is 25.7 Å². The minimum atomic E-state index is -4.64. The number of ether oxygens (including phenoxy) is 2. The number of rotatable bonds is 15. The quantitative estimate of drug-likeness (QED) is 0.198. The molecule has 0 aliphatic carbocycles. The van der Waals surface area contributed by atoms with Crippen molar-refractivity contribution in [2.45, 2.75) is 58.1 Å². The molecule has 0 aromatic heterocycles. The zero-order chi connectivity index (χ0) is 20.9. The molecule has 0 aliphatic heterocycles. The summed E-state index contributed by atoms with van der Waals surface area (Å²) >= 11 is 0. The molecule has 0 radical (unpaired) electrons. The van der Waals surface area contributed by atoms with Gasteiger partial charge >= 0.3 is 25.7 Å². The van der Waals surface area contributed by atoms with E-state index in [0.717, 1.165) is 12.8 Å². The average Bonchev–Trinajstić information content (AvgIpc) is 2.61. The highest BCUT2D eigenvalue weighted by Crippen LogP contribution is 2.43. The molecule has 0 spiro atoms. The lowest BCUT2D eigenvalue weighted by molar-refractivity contribution is -0.161. The van der Waals surface area contributed by atoms with Gasteiger partial charge in [-0.15, -0.1) is 0 Å². The molecule has 0 aromatic carbocycles. The zero-order valence-corrected chi connectivity index (χ0v) is 16.4. The number of phosphoric ester groups is 1. The highest BCUT2D eigenvalue weighted by molar-refractivity contribution is 7.47. The van der Waals surface area contributed by atoms with Gasteiger partial charge in [0.2, 0.25) is 0 Å². The number of carboxylic acids is 1. The van der Waals surface area contributed by atoms with Crippen LogP contribution in [0.1, 0.15) is 46.0 Å². The smallest absolute Gasteiger partial charge is 0.472 e. The summed E-state index contributed by atoms with van der Waals surface area (Å²) in [6.45, 7) is 1.84. The van der Waals surface area contributed by atoms with Gasteiger partial charge in [0, 0.05) is 12.8 Å². The molecule has 0 fully saturated rings. The molecule has 0 aliphatic rings. The Bertz CT molecular complexity index is 527. The lowest BCUT2D eigenvalue weighted by Gasteiger charge is -2.20. The van der Waals surface area contributed by atoms with E-state index in [-0.39, 0.29) is 19.4 Å². The number of hydrogen-bond acceptors (Lipinski definition) is 9. The van der Waals surface area contributed by atoms with Crippen molar-refractivity contribution < 1.29 is 47.5 Å². The molecule has 11 nitrogen and oxygen atoms in total. The van der Waals surface area contributed by atoms with Gasteiger partial charge in [-0.1, -0.05) is 26.7 Å². The van der Waals surface area contributed by atoms with Gasteiger partial charge in [0.05, 0.1) is 13.2 Å². The van der Waals surface area contributed by atoms with Crippen LogP contribution in [0.4, 0.5) is 0 Å². The maximum Gasteiger partial charge on any atom is 0.472 e. The fourth-order valence-corrected chi connectivity index (χ4v) is 2.41. The van der Waals surface area contributed by atoms with E-state index in [2.05, 4.69) is 9.05 Å². The standard InChI is InChI=1S/C15H28NO10P/c1-3-5-6-7-14(18)26-11(8-23-13(17)4-2)9-24-27(21,22)25-10-12(16)15(19)20/h11-12H,3-10,16H2,1-2H3,(H,19,20)(H,21,22). The number of hydrogen-bond donors (Lipinski definition) is 3. The van der Waals surface area contributed by atoms with Gasteiger partial charge in [0.1, 0.15) is 12.6 Å². The fourth-order valence-electron chi connectivity index (χ4n) is 1.63. The van der Waals surface area contributed by atoms with E-state index in [9.17, 15) is 23.8 Å². The first-order valence-corrected chi connectivity index (χ1v) is 10.1. The topological polar surface area (TPSA) is 172 Å². The number of phosphoric acid groups is 1. The lowest BCUT2D eigenvalue weighted by atomic mass is 10.2. The van der Waals surface area contributed by atoms with Crippen molar-refractivity contribution in [3.8, 4) is 0 Å². The number of carboxylic acid groups (broad SMARTS) is 1. The summed E-state index contributed by atoms with van der Waals surface area (Å²) in [7, 11) is -4.64. The van der Waals surface area contributed by atoms with Crippen LogP contribution < -0.4 is 5.73 Å². The van der Waals surface area contributed by atoms with Crippen LogP contribution in [0, 0.1) is 0 Å². The Labute approximate surface area is 157 Å². The summed E-state index contributed by atoms with van der Waals surface area (Å²) in [5.41, 5.74) is 5.16. The van der Waals surface area contributed by atoms with E-state index in [1.54, 1.807) is 6.92 Å². The highest BCUT2D eigenvalue weighted by atomic mass is 31.2. The molecule has 12 heteroatoms. The molecule has 3 atom stereocenters. The minimum absolute atomic E-state index is 0.104. The predicted molar refractivity (Wildman–Crippen MR) is 92.6 cm³/mol. The van der Waals surface area contributed by atoms with Crippen molar-refractivity contribution in [2.75, 3.05) is 19.8 Å². The van der Waals surface area contributed by atoms with E-state index in [1.807, 2.05) is 6.92 Å². The Morgan fingerprint density at radius 2 is 1.67 bits per heavy atom. The molecular formula is C15H28NO10P. The highest BCUT2D eigenvalue weighted by Gasteiger charge is 2.27. The van der Waals surface area contributed by atoms with Crippen molar-refractivity contribution in [3.05, 3.63) is 0 Å². The first-order chi connectivity index (χ1) is 12.6. The van der Waals surface area contributed by atoms with Crippen LogP contribution >= 0.6 is 7.82 Å². The first-order valence-electron chi connectivity index (χ1n) is 8.56. The molecule has 3 unspecified atom stereocenters. The van der Waals surface area contributed by atoms with Gasteiger partial charge in [-0.2, -0.15) is 0 Å². The summed E-state index contributed by atoms with van der Waals surface area (Å²) in [6, 6.07) is -1.51. The van der Waals surface area contributed by atoms with E-state index in [4.69, 9.17) is 20.3 Å². The summed E-state index contributed by atoms with van der Waals surface area (Å²) in [6.07, 6.45) is 1.50. The Morgan fingerprint density at radius 3 is 2.22 bits per heavy atom. The SMILES string of the molecule is CCCCCC(=O)OC(COC(=O)CC)COP(=O)(O)OCC(N)C(=O)O. The Balaban J connectivity index is 4.62.